The van der Waals surface area contributed by atoms with Crippen LogP contribution in [0.5, 0.6) is 0 Å². The Morgan fingerprint density at radius 1 is 0.774 bits per heavy atom. The van der Waals surface area contributed by atoms with Gasteiger partial charge in [-0.05, 0) is 41.7 Å². The largest absolute Gasteiger partial charge is 0.673 e. The monoisotopic (exact) mass is 489 g/mol. The standard InChI is InChI=1S/C12H24N2O2.3BF4/c1-11(2,3)16-10(15)14-8-7-13(6)9-12(14,4)5;3*2-1(3,4)5/h7-9H2,1-6H3;;;/q;3*-1. The van der Waals surface area contributed by atoms with E-state index in [4.69, 9.17) is 4.74 Å². The second-order valence-electron chi connectivity index (χ2n) is 7.67. The minimum atomic E-state index is -6.00. The zero-order chi connectivity index (χ0) is 26.1. The van der Waals surface area contributed by atoms with Crippen molar-refractivity contribution in [3.63, 3.8) is 0 Å². The lowest BCUT2D eigenvalue weighted by Crippen LogP contribution is -2.60. The molecule has 19 heteroatoms. The van der Waals surface area contributed by atoms with Crippen molar-refractivity contribution in [2.75, 3.05) is 26.7 Å². The van der Waals surface area contributed by atoms with Gasteiger partial charge in [-0.15, -0.1) is 0 Å². The van der Waals surface area contributed by atoms with E-state index < -0.39 is 27.4 Å². The second-order valence-corrected chi connectivity index (χ2v) is 7.67. The van der Waals surface area contributed by atoms with Gasteiger partial charge in [0.2, 0.25) is 0 Å². The minimum Gasteiger partial charge on any atom is -0.444 e. The Balaban J connectivity index is -0.000000428. The molecule has 0 aromatic rings. The number of halogens is 12. The molecule has 0 atom stereocenters. The van der Waals surface area contributed by atoms with Crippen LogP contribution >= 0.6 is 0 Å². The van der Waals surface area contributed by atoms with Gasteiger partial charge in [0.1, 0.15) is 5.60 Å². The van der Waals surface area contributed by atoms with Gasteiger partial charge in [-0.3, -0.25) is 0 Å². The van der Waals surface area contributed by atoms with E-state index in [9.17, 15) is 56.6 Å². The Morgan fingerprint density at radius 3 is 1.29 bits per heavy atom. The van der Waals surface area contributed by atoms with E-state index >= 15 is 0 Å². The fourth-order valence-corrected chi connectivity index (χ4v) is 2.05. The summed E-state index contributed by atoms with van der Waals surface area (Å²) in [7, 11) is -15.9. The van der Waals surface area contributed by atoms with Crippen molar-refractivity contribution >= 4 is 27.9 Å². The average Bonchev–Trinajstić information content (AvgIpc) is 2.27. The van der Waals surface area contributed by atoms with Gasteiger partial charge < -0.3 is 66.3 Å². The first-order valence-electron chi connectivity index (χ1n) is 8.43. The van der Waals surface area contributed by atoms with E-state index in [2.05, 4.69) is 25.8 Å². The van der Waals surface area contributed by atoms with Crippen molar-refractivity contribution in [2.24, 2.45) is 0 Å². The highest BCUT2D eigenvalue weighted by atomic mass is 19.5. The van der Waals surface area contributed by atoms with Gasteiger partial charge in [-0.2, -0.15) is 0 Å². The predicted octanol–water partition coefficient (Wildman–Crippen LogP) is 5.85. The Bertz CT molecular complexity index is 474. The summed E-state index contributed by atoms with van der Waals surface area (Å²) < 4.78 is 122. The summed E-state index contributed by atoms with van der Waals surface area (Å²) in [4.78, 5) is 16.1. The van der Waals surface area contributed by atoms with Crippen LogP contribution in [-0.2, 0) is 4.74 Å². The van der Waals surface area contributed by atoms with E-state index in [0.717, 1.165) is 19.6 Å². The number of hydrogen-bond donors (Lipinski definition) is 0. The smallest absolute Gasteiger partial charge is 0.444 e. The number of piperazine rings is 1. The van der Waals surface area contributed by atoms with Gasteiger partial charge in [0, 0.05) is 19.6 Å². The van der Waals surface area contributed by atoms with E-state index in [1.807, 2.05) is 25.7 Å². The topological polar surface area (TPSA) is 32.8 Å². The molecule has 1 amide bonds. The third-order valence-electron chi connectivity index (χ3n) is 2.71. The van der Waals surface area contributed by atoms with E-state index in [-0.39, 0.29) is 11.6 Å². The van der Waals surface area contributed by atoms with Crippen LogP contribution in [-0.4, -0.2) is 75.5 Å². The lowest BCUT2D eigenvalue weighted by atomic mass is 10.00. The summed E-state index contributed by atoms with van der Waals surface area (Å²) in [6, 6.07) is 0. The maximum atomic E-state index is 12.0. The third kappa shape index (κ3) is 36.3. The van der Waals surface area contributed by atoms with Crippen molar-refractivity contribution in [3.05, 3.63) is 0 Å². The summed E-state index contributed by atoms with van der Waals surface area (Å²) >= 11 is 0. The minimum absolute atomic E-state index is 0.157. The molecular weight excluding hydrogens is 465 g/mol. The van der Waals surface area contributed by atoms with Crippen molar-refractivity contribution in [1.29, 1.82) is 0 Å². The van der Waals surface area contributed by atoms with Gasteiger partial charge in [0.25, 0.3) is 0 Å². The number of likely N-dealkylation sites (N-methyl/N-ethyl adjacent to an activating group) is 1. The molecule has 0 aromatic heterocycles. The van der Waals surface area contributed by atoms with Crippen LogP contribution in [0.1, 0.15) is 34.6 Å². The molecule has 0 saturated carbocycles. The van der Waals surface area contributed by atoms with E-state index in [1.165, 1.54) is 0 Å². The zero-order valence-electron chi connectivity index (χ0n) is 17.6. The third-order valence-corrected chi connectivity index (χ3v) is 2.71. The zero-order valence-corrected chi connectivity index (χ0v) is 17.6. The Morgan fingerprint density at radius 2 is 1.06 bits per heavy atom. The van der Waals surface area contributed by atoms with Crippen LogP contribution in [0.4, 0.5) is 56.6 Å². The first-order chi connectivity index (χ1) is 13.1. The number of nitrogens with zero attached hydrogens (tertiary/aromatic N) is 2. The summed E-state index contributed by atoms with van der Waals surface area (Å²) in [5.74, 6) is 0. The van der Waals surface area contributed by atoms with Gasteiger partial charge >= 0.3 is 27.9 Å². The fourth-order valence-electron chi connectivity index (χ4n) is 2.05. The highest BCUT2D eigenvalue weighted by Gasteiger charge is 2.37. The quantitative estimate of drug-likeness (QED) is 0.317. The van der Waals surface area contributed by atoms with Crippen molar-refractivity contribution in [1.82, 2.24) is 9.80 Å². The van der Waals surface area contributed by atoms with E-state index in [0.29, 0.717) is 0 Å². The van der Waals surface area contributed by atoms with Gasteiger partial charge in [-0.1, -0.05) is 0 Å². The van der Waals surface area contributed by atoms with Crippen LogP contribution in [0.2, 0.25) is 0 Å². The molecule has 0 bridgehead atoms. The number of ether oxygens (including phenoxy) is 1. The van der Waals surface area contributed by atoms with Gasteiger partial charge in [0.05, 0.1) is 5.54 Å². The van der Waals surface area contributed by atoms with E-state index in [1.54, 1.807) is 0 Å². The SMILES string of the molecule is CN1CCN(C(=O)OC(C)(C)C)C(C)(C)C1.F[B-](F)(F)F.F[B-](F)(F)F.F[B-](F)(F)F. The highest BCUT2D eigenvalue weighted by molar-refractivity contribution is 6.50. The highest BCUT2D eigenvalue weighted by Crippen LogP contribution is 2.22. The maximum absolute atomic E-state index is 12.0. The first-order valence-corrected chi connectivity index (χ1v) is 8.43. The number of carbonyl (C=O) groups excluding carboxylic acids is 1. The number of hydrogen-bond acceptors (Lipinski definition) is 3. The maximum Gasteiger partial charge on any atom is 0.673 e. The summed E-state index contributed by atoms with van der Waals surface area (Å²) in [5, 5.41) is 0. The molecule has 0 radical (unpaired) electrons. The number of carbonyl (C=O) groups is 1. The van der Waals surface area contributed by atoms with Crippen LogP contribution in [0.25, 0.3) is 0 Å². The van der Waals surface area contributed by atoms with Crippen LogP contribution in [0.15, 0.2) is 0 Å². The lowest BCUT2D eigenvalue weighted by molar-refractivity contribution is -0.0188. The second kappa shape index (κ2) is 12.6. The van der Waals surface area contributed by atoms with Crippen molar-refractivity contribution in [2.45, 2.75) is 45.8 Å². The Labute approximate surface area is 172 Å². The molecule has 1 aliphatic heterocycles. The molecule has 1 heterocycles. The molecule has 0 unspecified atom stereocenters. The van der Waals surface area contributed by atoms with Crippen LogP contribution in [0, 0.1) is 0 Å². The Hall–Kier alpha value is -1.42. The molecular formula is C12H24B3F12N2O2-3. The molecule has 1 fully saturated rings. The summed E-state index contributed by atoms with van der Waals surface area (Å²) in [6.07, 6.45) is -0.203. The number of rotatable bonds is 0. The van der Waals surface area contributed by atoms with Crippen molar-refractivity contribution in [3.8, 4) is 0 Å². The predicted molar refractivity (Wildman–Crippen MR) is 95.1 cm³/mol. The summed E-state index contributed by atoms with van der Waals surface area (Å²) in [6.45, 7) is 12.4. The molecule has 0 aliphatic carbocycles. The average molecular weight is 489 g/mol. The van der Waals surface area contributed by atoms with Gasteiger partial charge in [-0.25, -0.2) is 4.79 Å². The molecule has 190 valence electrons. The lowest BCUT2D eigenvalue weighted by Gasteiger charge is -2.45. The molecule has 1 rings (SSSR count). The Kier molecular flexibility index (Phi) is 13.9. The molecule has 4 nitrogen and oxygen atoms in total. The van der Waals surface area contributed by atoms with Gasteiger partial charge in [0.15, 0.2) is 0 Å². The summed E-state index contributed by atoms with van der Waals surface area (Å²) in [5.41, 5.74) is -0.578. The normalized spacial score (nSPS) is 17.2. The number of amides is 1. The molecule has 0 N–H and O–H groups in total. The van der Waals surface area contributed by atoms with Crippen LogP contribution < -0.4 is 0 Å². The molecule has 1 saturated heterocycles. The molecule has 0 aromatic carbocycles. The molecule has 1 aliphatic rings. The fraction of sp³-hybridized carbons (Fsp3) is 0.917. The molecule has 0 spiro atoms. The first kappa shape index (κ1) is 34.2. The molecule has 31 heavy (non-hydrogen) atoms. The van der Waals surface area contributed by atoms with Crippen molar-refractivity contribution < 1.29 is 61.3 Å². The van der Waals surface area contributed by atoms with Crippen LogP contribution in [0.3, 0.4) is 0 Å².